The molecular formula is C16H11BF2N2O5. The Balaban J connectivity index is 1.79. The first-order valence-electron chi connectivity index (χ1n) is 7.34. The van der Waals surface area contributed by atoms with Crippen LogP contribution >= 0.6 is 0 Å². The van der Waals surface area contributed by atoms with Crippen molar-refractivity contribution in [1.82, 2.24) is 10.1 Å². The molecule has 1 heterocycles. The summed E-state index contributed by atoms with van der Waals surface area (Å²) in [5.41, 5.74) is -0.111. The second-order valence-electron chi connectivity index (χ2n) is 5.18. The van der Waals surface area contributed by atoms with Gasteiger partial charge in [0.1, 0.15) is 17.4 Å². The van der Waals surface area contributed by atoms with Crippen LogP contribution in [0.5, 0.6) is 5.75 Å². The third-order valence-corrected chi connectivity index (χ3v) is 3.48. The zero-order chi connectivity index (χ0) is 18.7. The number of carbonyl (C=O) groups excluding carboxylic acids is 1. The molecule has 0 spiro atoms. The van der Waals surface area contributed by atoms with Crippen LogP contribution in [0.2, 0.25) is 0 Å². The van der Waals surface area contributed by atoms with E-state index in [1.807, 2.05) is 0 Å². The van der Waals surface area contributed by atoms with Crippen molar-refractivity contribution in [3.05, 3.63) is 59.4 Å². The molecule has 3 aromatic rings. The van der Waals surface area contributed by atoms with E-state index in [2.05, 4.69) is 10.1 Å². The van der Waals surface area contributed by atoms with E-state index >= 15 is 0 Å². The van der Waals surface area contributed by atoms with Gasteiger partial charge in [-0.1, -0.05) is 17.3 Å². The Hall–Kier alpha value is -3.11. The van der Waals surface area contributed by atoms with Gasteiger partial charge in [-0.15, -0.1) is 0 Å². The molecule has 3 rings (SSSR count). The van der Waals surface area contributed by atoms with E-state index < -0.39 is 18.8 Å². The van der Waals surface area contributed by atoms with Gasteiger partial charge in [0.05, 0.1) is 11.1 Å². The molecule has 0 fully saturated rings. The predicted molar refractivity (Wildman–Crippen MR) is 85.6 cm³/mol. The van der Waals surface area contributed by atoms with E-state index in [0.29, 0.717) is 12.4 Å². The Morgan fingerprint density at radius 2 is 2.04 bits per heavy atom. The number of carbonyl (C=O) groups is 1. The maximum Gasteiger partial charge on any atom is 0.489 e. The minimum absolute atomic E-state index is 0.0142. The number of benzene rings is 2. The molecule has 0 radical (unpaired) electrons. The highest BCUT2D eigenvalue weighted by atomic mass is 19.1. The lowest BCUT2D eigenvalue weighted by molar-refractivity contribution is 0.111. The normalized spacial score (nSPS) is 10.6. The van der Waals surface area contributed by atoms with Crippen molar-refractivity contribution >= 4 is 18.9 Å². The van der Waals surface area contributed by atoms with E-state index in [9.17, 15) is 23.6 Å². The van der Waals surface area contributed by atoms with Crippen LogP contribution in [0.4, 0.5) is 8.78 Å². The minimum atomic E-state index is -1.84. The quantitative estimate of drug-likeness (QED) is 0.501. The third-order valence-electron chi connectivity index (χ3n) is 3.48. The monoisotopic (exact) mass is 360 g/mol. The molecule has 0 unspecified atom stereocenters. The van der Waals surface area contributed by atoms with Crippen LogP contribution in [0.3, 0.4) is 0 Å². The molecule has 0 bridgehead atoms. The lowest BCUT2D eigenvalue weighted by Gasteiger charge is -2.10. The molecule has 132 valence electrons. The van der Waals surface area contributed by atoms with Gasteiger partial charge in [0.25, 0.3) is 5.89 Å². The van der Waals surface area contributed by atoms with Crippen LogP contribution in [-0.4, -0.2) is 33.6 Å². The Morgan fingerprint density at radius 1 is 1.23 bits per heavy atom. The van der Waals surface area contributed by atoms with Crippen molar-refractivity contribution in [2.75, 3.05) is 0 Å². The van der Waals surface area contributed by atoms with Crippen LogP contribution in [0.25, 0.3) is 11.5 Å². The van der Waals surface area contributed by atoms with Crippen molar-refractivity contribution in [2.24, 2.45) is 0 Å². The highest BCUT2D eigenvalue weighted by molar-refractivity contribution is 6.60. The van der Waals surface area contributed by atoms with E-state index in [-0.39, 0.29) is 40.7 Å². The number of nitrogens with zero attached hydrogens (tertiary/aromatic N) is 2. The Labute approximate surface area is 146 Å². The summed E-state index contributed by atoms with van der Waals surface area (Å²) < 4.78 is 37.0. The Morgan fingerprint density at radius 3 is 2.73 bits per heavy atom. The van der Waals surface area contributed by atoms with Gasteiger partial charge in [-0.3, -0.25) is 4.79 Å². The topological polar surface area (TPSA) is 106 Å². The molecule has 2 N–H and O–H groups in total. The summed E-state index contributed by atoms with van der Waals surface area (Å²) >= 11 is 0. The third kappa shape index (κ3) is 3.61. The van der Waals surface area contributed by atoms with Crippen molar-refractivity contribution in [3.8, 4) is 17.2 Å². The molecule has 10 heteroatoms. The van der Waals surface area contributed by atoms with Crippen molar-refractivity contribution in [2.45, 2.75) is 6.61 Å². The first-order chi connectivity index (χ1) is 12.5. The van der Waals surface area contributed by atoms with Crippen LogP contribution in [0.15, 0.2) is 40.9 Å². The van der Waals surface area contributed by atoms with Gasteiger partial charge in [-0.2, -0.15) is 4.98 Å². The molecule has 0 saturated carbocycles. The standard InChI is InChI=1S/C16H11BF2N2O5/c18-9-4-5-10(13(19)6-9)16-20-15(21-26-16)8-25-14-3-1-2-12(17(23)24)11(14)7-22/h1-7,23-24H,8H2. The summed E-state index contributed by atoms with van der Waals surface area (Å²) in [4.78, 5) is 15.1. The fourth-order valence-electron chi connectivity index (χ4n) is 2.27. The molecular weight excluding hydrogens is 349 g/mol. The second-order valence-corrected chi connectivity index (χ2v) is 5.18. The predicted octanol–water partition coefficient (Wildman–Crippen LogP) is 1.09. The fourth-order valence-corrected chi connectivity index (χ4v) is 2.27. The SMILES string of the molecule is O=Cc1c(OCc2noc(-c3ccc(F)cc3F)n2)cccc1B(O)O. The van der Waals surface area contributed by atoms with Gasteiger partial charge < -0.3 is 19.3 Å². The van der Waals surface area contributed by atoms with Gasteiger partial charge in [-0.05, 0) is 23.7 Å². The molecule has 1 aromatic heterocycles. The van der Waals surface area contributed by atoms with E-state index in [0.717, 1.165) is 6.07 Å². The van der Waals surface area contributed by atoms with Crippen LogP contribution < -0.4 is 10.2 Å². The van der Waals surface area contributed by atoms with Gasteiger partial charge >= 0.3 is 7.12 Å². The first-order valence-corrected chi connectivity index (χ1v) is 7.34. The van der Waals surface area contributed by atoms with Gasteiger partial charge in [0.2, 0.25) is 5.82 Å². The van der Waals surface area contributed by atoms with Crippen LogP contribution in [-0.2, 0) is 6.61 Å². The maximum atomic E-state index is 13.7. The number of rotatable bonds is 6. The minimum Gasteiger partial charge on any atom is -0.485 e. The largest absolute Gasteiger partial charge is 0.489 e. The molecule has 0 atom stereocenters. The van der Waals surface area contributed by atoms with Crippen LogP contribution in [0, 0.1) is 11.6 Å². The Bertz CT molecular complexity index is 948. The number of hydrogen-bond donors (Lipinski definition) is 2. The molecule has 7 nitrogen and oxygen atoms in total. The number of ether oxygens (including phenoxy) is 1. The van der Waals surface area contributed by atoms with Crippen LogP contribution in [0.1, 0.15) is 16.2 Å². The van der Waals surface area contributed by atoms with E-state index in [1.54, 1.807) is 0 Å². The molecule has 0 amide bonds. The summed E-state index contributed by atoms with van der Waals surface area (Å²) in [7, 11) is -1.84. The fraction of sp³-hybridized carbons (Fsp3) is 0.0625. The summed E-state index contributed by atoms with van der Waals surface area (Å²) in [5.74, 6) is -1.60. The highest BCUT2D eigenvalue weighted by Crippen LogP contribution is 2.22. The lowest BCUT2D eigenvalue weighted by Crippen LogP contribution is -2.33. The first kappa shape index (κ1) is 17.7. The van der Waals surface area contributed by atoms with Crippen molar-refractivity contribution < 1.29 is 32.9 Å². The average molecular weight is 360 g/mol. The van der Waals surface area contributed by atoms with Gasteiger partial charge in [0.15, 0.2) is 12.9 Å². The molecule has 2 aromatic carbocycles. The Kier molecular flexibility index (Phi) is 5.05. The zero-order valence-corrected chi connectivity index (χ0v) is 13.1. The van der Waals surface area contributed by atoms with Gasteiger partial charge in [0, 0.05) is 6.07 Å². The van der Waals surface area contributed by atoms with Crippen molar-refractivity contribution in [1.29, 1.82) is 0 Å². The number of halogens is 2. The van der Waals surface area contributed by atoms with E-state index in [1.165, 1.54) is 24.3 Å². The number of aldehydes is 1. The summed E-state index contributed by atoms with van der Waals surface area (Å²) in [6.07, 6.45) is 0.430. The smallest absolute Gasteiger partial charge is 0.485 e. The number of aromatic nitrogens is 2. The molecule has 0 aliphatic heterocycles. The van der Waals surface area contributed by atoms with Crippen molar-refractivity contribution in [3.63, 3.8) is 0 Å². The van der Waals surface area contributed by atoms with Gasteiger partial charge in [-0.25, -0.2) is 8.78 Å². The summed E-state index contributed by atoms with van der Waals surface area (Å²) in [6, 6.07) is 7.21. The zero-order valence-electron chi connectivity index (χ0n) is 13.1. The average Bonchev–Trinajstić information content (AvgIpc) is 3.08. The van der Waals surface area contributed by atoms with E-state index in [4.69, 9.17) is 9.26 Å². The maximum absolute atomic E-state index is 13.7. The molecule has 0 aliphatic rings. The summed E-state index contributed by atoms with van der Waals surface area (Å²) in [6.45, 7) is -0.224. The molecule has 0 aliphatic carbocycles. The summed E-state index contributed by atoms with van der Waals surface area (Å²) in [5, 5.41) is 22.1. The number of hydrogen-bond acceptors (Lipinski definition) is 7. The molecule has 26 heavy (non-hydrogen) atoms. The molecule has 0 saturated heterocycles. The second kappa shape index (κ2) is 7.42. The highest BCUT2D eigenvalue weighted by Gasteiger charge is 2.20. The lowest BCUT2D eigenvalue weighted by atomic mass is 9.77.